The number of hydrogen-bond donors (Lipinski definition) is 1. The summed E-state index contributed by atoms with van der Waals surface area (Å²) in [6, 6.07) is 4.86. The van der Waals surface area contributed by atoms with E-state index >= 15 is 0 Å². The smallest absolute Gasteiger partial charge is 0.317 e. The first-order chi connectivity index (χ1) is 16.3. The van der Waals surface area contributed by atoms with Gasteiger partial charge in [0.15, 0.2) is 0 Å². The van der Waals surface area contributed by atoms with Crippen LogP contribution in [-0.2, 0) is 14.3 Å². The number of benzene rings is 1. The zero-order valence-electron chi connectivity index (χ0n) is 20.6. The average Bonchev–Trinajstić information content (AvgIpc) is 2.85. The first-order valence-electron chi connectivity index (χ1n) is 12.6. The van der Waals surface area contributed by atoms with Crippen LogP contribution in [0.2, 0.25) is 0 Å². The van der Waals surface area contributed by atoms with E-state index in [1.807, 2.05) is 6.07 Å². The molecular formula is C26H38FN3O4. The SMILES string of the molecule is CCCCNC(=O)N1CC(C(=O)N2CCCC(C(=O)OCC)C2)CC(c2ccc(F)c(C)c2)C1. The highest BCUT2D eigenvalue weighted by Crippen LogP contribution is 2.33. The summed E-state index contributed by atoms with van der Waals surface area (Å²) in [6.07, 6.45) is 3.94. The number of hydrogen-bond acceptors (Lipinski definition) is 4. The van der Waals surface area contributed by atoms with Gasteiger partial charge in [-0.25, -0.2) is 9.18 Å². The van der Waals surface area contributed by atoms with Gasteiger partial charge in [-0.15, -0.1) is 0 Å². The Morgan fingerprint density at radius 1 is 1.12 bits per heavy atom. The van der Waals surface area contributed by atoms with Gasteiger partial charge >= 0.3 is 12.0 Å². The number of likely N-dealkylation sites (tertiary alicyclic amines) is 2. The molecule has 0 saturated carbocycles. The van der Waals surface area contributed by atoms with E-state index in [0.717, 1.165) is 31.2 Å². The van der Waals surface area contributed by atoms with Crippen LogP contribution in [-0.4, -0.2) is 67.0 Å². The molecule has 2 heterocycles. The molecule has 3 unspecified atom stereocenters. The number of carbonyl (C=O) groups is 3. The minimum absolute atomic E-state index is 0.0242. The molecule has 2 fully saturated rings. The number of rotatable bonds is 7. The number of aryl methyl sites for hydroxylation is 1. The Bertz CT molecular complexity index is 878. The maximum absolute atomic E-state index is 13.9. The van der Waals surface area contributed by atoms with Gasteiger partial charge in [-0.3, -0.25) is 9.59 Å². The van der Waals surface area contributed by atoms with E-state index in [-0.39, 0.29) is 41.5 Å². The van der Waals surface area contributed by atoms with Crippen LogP contribution in [0.1, 0.15) is 63.0 Å². The Kier molecular flexibility index (Phi) is 9.30. The van der Waals surface area contributed by atoms with Crippen molar-refractivity contribution in [3.63, 3.8) is 0 Å². The van der Waals surface area contributed by atoms with E-state index in [1.165, 1.54) is 6.07 Å². The van der Waals surface area contributed by atoms with Crippen molar-refractivity contribution in [2.75, 3.05) is 39.3 Å². The highest BCUT2D eigenvalue weighted by molar-refractivity contribution is 5.82. The Morgan fingerprint density at radius 3 is 2.59 bits per heavy atom. The number of nitrogens with zero attached hydrogens (tertiary/aromatic N) is 2. The van der Waals surface area contributed by atoms with E-state index in [0.29, 0.717) is 51.3 Å². The molecule has 2 aliphatic rings. The zero-order valence-corrected chi connectivity index (χ0v) is 20.6. The third-order valence-corrected chi connectivity index (χ3v) is 6.90. The highest BCUT2D eigenvalue weighted by Gasteiger charge is 2.38. The Morgan fingerprint density at radius 2 is 1.88 bits per heavy atom. The summed E-state index contributed by atoms with van der Waals surface area (Å²) in [5.74, 6) is -1.28. The molecule has 188 valence electrons. The van der Waals surface area contributed by atoms with Gasteiger partial charge in [0.25, 0.3) is 0 Å². The van der Waals surface area contributed by atoms with Crippen LogP contribution >= 0.6 is 0 Å². The van der Waals surface area contributed by atoms with E-state index in [1.54, 1.807) is 29.7 Å². The molecule has 2 aliphatic heterocycles. The zero-order chi connectivity index (χ0) is 24.7. The monoisotopic (exact) mass is 475 g/mol. The van der Waals surface area contributed by atoms with E-state index in [4.69, 9.17) is 4.74 Å². The van der Waals surface area contributed by atoms with Gasteiger partial charge in [-0.1, -0.05) is 25.5 Å². The fourth-order valence-corrected chi connectivity index (χ4v) is 4.98. The molecule has 2 saturated heterocycles. The molecule has 1 aromatic carbocycles. The fraction of sp³-hybridized carbons (Fsp3) is 0.654. The molecule has 7 nitrogen and oxygen atoms in total. The molecule has 0 bridgehead atoms. The van der Waals surface area contributed by atoms with Crippen molar-refractivity contribution in [3.05, 3.63) is 35.1 Å². The summed E-state index contributed by atoms with van der Waals surface area (Å²) in [5, 5.41) is 2.96. The van der Waals surface area contributed by atoms with Crippen LogP contribution in [0, 0.1) is 24.6 Å². The number of halogens is 1. The van der Waals surface area contributed by atoms with Crippen molar-refractivity contribution in [3.8, 4) is 0 Å². The molecule has 0 aliphatic carbocycles. The number of amides is 3. The minimum atomic E-state index is -0.373. The van der Waals surface area contributed by atoms with Gasteiger partial charge in [0.05, 0.1) is 18.4 Å². The van der Waals surface area contributed by atoms with Crippen molar-refractivity contribution >= 4 is 17.9 Å². The van der Waals surface area contributed by atoms with Gasteiger partial charge in [0.1, 0.15) is 5.82 Å². The second-order valence-corrected chi connectivity index (χ2v) is 9.50. The summed E-state index contributed by atoms with van der Waals surface area (Å²) in [4.78, 5) is 42.2. The van der Waals surface area contributed by atoms with Crippen LogP contribution in [0.3, 0.4) is 0 Å². The number of carbonyl (C=O) groups excluding carboxylic acids is 3. The van der Waals surface area contributed by atoms with Crippen molar-refractivity contribution in [1.29, 1.82) is 0 Å². The predicted molar refractivity (Wildman–Crippen MR) is 128 cm³/mol. The number of unbranched alkanes of at least 4 members (excludes halogenated alkanes) is 1. The fourth-order valence-electron chi connectivity index (χ4n) is 4.98. The second-order valence-electron chi connectivity index (χ2n) is 9.50. The average molecular weight is 476 g/mol. The summed E-state index contributed by atoms with van der Waals surface area (Å²) >= 11 is 0. The number of urea groups is 1. The van der Waals surface area contributed by atoms with Crippen molar-refractivity contribution in [2.45, 2.75) is 58.8 Å². The minimum Gasteiger partial charge on any atom is -0.466 e. The van der Waals surface area contributed by atoms with Crippen LogP contribution in [0.5, 0.6) is 0 Å². The molecule has 1 N–H and O–H groups in total. The molecule has 3 amide bonds. The van der Waals surface area contributed by atoms with Crippen LogP contribution in [0.4, 0.5) is 9.18 Å². The number of piperidine rings is 2. The molecule has 0 radical (unpaired) electrons. The summed E-state index contributed by atoms with van der Waals surface area (Å²) in [7, 11) is 0. The molecule has 3 atom stereocenters. The molecule has 0 aromatic heterocycles. The topological polar surface area (TPSA) is 79.0 Å². The maximum atomic E-state index is 13.9. The number of ether oxygens (including phenoxy) is 1. The molecule has 3 rings (SSSR count). The predicted octanol–water partition coefficient (Wildman–Crippen LogP) is 3.85. The summed E-state index contributed by atoms with van der Waals surface area (Å²) in [6.45, 7) is 8.28. The van der Waals surface area contributed by atoms with E-state index < -0.39 is 0 Å². The van der Waals surface area contributed by atoms with Crippen molar-refractivity contribution < 1.29 is 23.5 Å². The van der Waals surface area contributed by atoms with Crippen LogP contribution in [0.25, 0.3) is 0 Å². The molecule has 8 heteroatoms. The lowest BCUT2D eigenvalue weighted by atomic mass is 9.83. The normalized spacial score (nSPS) is 22.9. The lowest BCUT2D eigenvalue weighted by molar-refractivity contribution is -0.152. The lowest BCUT2D eigenvalue weighted by Gasteiger charge is -2.40. The Hall–Kier alpha value is -2.64. The second kappa shape index (κ2) is 12.2. The van der Waals surface area contributed by atoms with Crippen molar-refractivity contribution in [2.24, 2.45) is 11.8 Å². The largest absolute Gasteiger partial charge is 0.466 e. The summed E-state index contributed by atoms with van der Waals surface area (Å²) in [5.41, 5.74) is 1.49. The Labute approximate surface area is 202 Å². The van der Waals surface area contributed by atoms with Crippen LogP contribution in [0.15, 0.2) is 18.2 Å². The molecular weight excluding hydrogens is 437 g/mol. The van der Waals surface area contributed by atoms with Gasteiger partial charge in [-0.05, 0) is 56.7 Å². The van der Waals surface area contributed by atoms with Crippen LogP contribution < -0.4 is 5.32 Å². The van der Waals surface area contributed by atoms with Gasteiger partial charge in [-0.2, -0.15) is 0 Å². The van der Waals surface area contributed by atoms with Gasteiger partial charge in [0.2, 0.25) is 5.91 Å². The first-order valence-corrected chi connectivity index (χ1v) is 12.6. The highest BCUT2D eigenvalue weighted by atomic mass is 19.1. The summed E-state index contributed by atoms with van der Waals surface area (Å²) < 4.78 is 19.1. The van der Waals surface area contributed by atoms with Gasteiger partial charge in [0, 0.05) is 38.6 Å². The standard InChI is InChI=1S/C26H38FN3O4/c1-4-6-11-28-26(33)30-16-21(19-9-10-23(27)18(3)13-19)14-22(17-30)24(31)29-12-7-8-20(15-29)25(32)34-5-2/h9-10,13,20-22H,4-8,11-12,14-17H2,1-3H3,(H,28,33). The third-order valence-electron chi connectivity index (χ3n) is 6.90. The van der Waals surface area contributed by atoms with E-state index in [9.17, 15) is 18.8 Å². The third kappa shape index (κ3) is 6.48. The maximum Gasteiger partial charge on any atom is 0.317 e. The molecule has 0 spiro atoms. The first kappa shape index (κ1) is 26.0. The van der Waals surface area contributed by atoms with Crippen molar-refractivity contribution in [1.82, 2.24) is 15.1 Å². The van der Waals surface area contributed by atoms with Gasteiger partial charge < -0.3 is 19.9 Å². The lowest BCUT2D eigenvalue weighted by Crippen LogP contribution is -2.53. The molecule has 1 aromatic rings. The number of esters is 1. The number of nitrogens with one attached hydrogen (secondary N) is 1. The molecule has 34 heavy (non-hydrogen) atoms. The quantitative estimate of drug-likeness (QED) is 0.480. The van der Waals surface area contributed by atoms with E-state index in [2.05, 4.69) is 12.2 Å². The Balaban J connectivity index is 1.77.